The normalized spacial score (nSPS) is 13.1. The molecule has 0 aliphatic carbocycles. The number of aryl methyl sites for hydroxylation is 1. The summed E-state index contributed by atoms with van der Waals surface area (Å²) in [6.07, 6.45) is -3.95. The van der Waals surface area contributed by atoms with Crippen molar-refractivity contribution in [1.29, 1.82) is 0 Å². The van der Waals surface area contributed by atoms with Gasteiger partial charge in [0.05, 0.1) is 22.5 Å². The van der Waals surface area contributed by atoms with Gasteiger partial charge in [-0.05, 0) is 43.2 Å². The first-order valence-corrected chi connectivity index (χ1v) is 10.7. The van der Waals surface area contributed by atoms with E-state index in [1.807, 2.05) is 25.1 Å². The number of hydrogen-bond acceptors (Lipinski definition) is 3. The van der Waals surface area contributed by atoms with E-state index in [1.165, 1.54) is 6.92 Å². The van der Waals surface area contributed by atoms with Gasteiger partial charge in [-0.3, -0.25) is 9.10 Å². The fourth-order valence-electron chi connectivity index (χ4n) is 2.81. The Morgan fingerprint density at radius 2 is 1.83 bits per heavy atom. The van der Waals surface area contributed by atoms with Gasteiger partial charge >= 0.3 is 6.18 Å². The molecule has 0 saturated heterocycles. The maximum atomic E-state index is 13.2. The third-order valence-corrected chi connectivity index (χ3v) is 5.88. The average Bonchev–Trinajstić information content (AvgIpc) is 2.60. The lowest BCUT2D eigenvalue weighted by molar-refractivity contribution is -0.137. The zero-order valence-electron chi connectivity index (χ0n) is 15.9. The fourth-order valence-corrected chi connectivity index (χ4v) is 4.21. The number of amides is 1. The van der Waals surface area contributed by atoms with Crippen LogP contribution in [0.3, 0.4) is 0 Å². The lowest BCUT2D eigenvalue weighted by Crippen LogP contribution is -2.47. The molecule has 0 saturated carbocycles. The Morgan fingerprint density at radius 3 is 2.38 bits per heavy atom. The molecule has 2 aromatic carbocycles. The Morgan fingerprint density at radius 1 is 1.21 bits per heavy atom. The van der Waals surface area contributed by atoms with E-state index in [1.54, 1.807) is 6.07 Å². The van der Waals surface area contributed by atoms with E-state index in [-0.39, 0.29) is 12.2 Å². The fraction of sp³-hybridized carbons (Fsp3) is 0.316. The number of nitrogens with one attached hydrogen (secondary N) is 1. The monoisotopic (exact) mass is 448 g/mol. The number of carbonyl (C=O) groups excluding carboxylic acids is 1. The van der Waals surface area contributed by atoms with Gasteiger partial charge in [-0.2, -0.15) is 13.2 Å². The van der Waals surface area contributed by atoms with Crippen molar-refractivity contribution >= 4 is 33.2 Å². The van der Waals surface area contributed by atoms with Crippen molar-refractivity contribution in [3.8, 4) is 0 Å². The van der Waals surface area contributed by atoms with Crippen LogP contribution in [0.1, 0.15) is 23.6 Å². The molecule has 1 atom stereocenters. The predicted octanol–water partition coefficient (Wildman–Crippen LogP) is 4.14. The maximum Gasteiger partial charge on any atom is 0.417 e. The second-order valence-electron chi connectivity index (χ2n) is 6.54. The number of hydrogen-bond donors (Lipinski definition) is 1. The van der Waals surface area contributed by atoms with Gasteiger partial charge < -0.3 is 5.32 Å². The van der Waals surface area contributed by atoms with Crippen LogP contribution in [-0.2, 0) is 27.5 Å². The van der Waals surface area contributed by atoms with Crippen molar-refractivity contribution in [3.63, 3.8) is 0 Å². The Hall–Kier alpha value is -2.26. The van der Waals surface area contributed by atoms with Crippen molar-refractivity contribution in [2.45, 2.75) is 32.6 Å². The largest absolute Gasteiger partial charge is 0.417 e. The minimum Gasteiger partial charge on any atom is -0.350 e. The molecule has 29 heavy (non-hydrogen) atoms. The summed E-state index contributed by atoms with van der Waals surface area (Å²) in [7, 11) is -4.07. The van der Waals surface area contributed by atoms with E-state index in [0.29, 0.717) is 10.4 Å². The zero-order valence-corrected chi connectivity index (χ0v) is 17.5. The highest BCUT2D eigenvalue weighted by molar-refractivity contribution is 7.92. The van der Waals surface area contributed by atoms with Crippen LogP contribution < -0.4 is 9.62 Å². The minimum absolute atomic E-state index is 0.155. The summed E-state index contributed by atoms with van der Waals surface area (Å²) in [6, 6.07) is 8.73. The van der Waals surface area contributed by atoms with Gasteiger partial charge in [0.1, 0.15) is 6.04 Å². The molecule has 0 fully saturated rings. The molecule has 0 radical (unpaired) electrons. The summed E-state index contributed by atoms with van der Waals surface area (Å²) in [5.74, 6) is -0.651. The van der Waals surface area contributed by atoms with Crippen LogP contribution in [0, 0.1) is 6.92 Å². The molecule has 0 bridgehead atoms. The number of halogens is 4. The van der Waals surface area contributed by atoms with Gasteiger partial charge in [0.15, 0.2) is 0 Å². The lowest BCUT2D eigenvalue weighted by Gasteiger charge is -2.29. The molecule has 0 spiro atoms. The summed E-state index contributed by atoms with van der Waals surface area (Å²) in [6.45, 7) is 3.32. The molecular weight excluding hydrogens is 429 g/mol. The average molecular weight is 449 g/mol. The Kier molecular flexibility index (Phi) is 6.85. The van der Waals surface area contributed by atoms with Crippen LogP contribution in [-0.4, -0.2) is 26.6 Å². The van der Waals surface area contributed by atoms with Crippen molar-refractivity contribution in [2.75, 3.05) is 10.6 Å². The molecule has 0 aliphatic heterocycles. The van der Waals surface area contributed by atoms with Crippen LogP contribution in [0.2, 0.25) is 5.02 Å². The third-order valence-electron chi connectivity index (χ3n) is 4.31. The topological polar surface area (TPSA) is 66.5 Å². The summed E-state index contributed by atoms with van der Waals surface area (Å²) in [4.78, 5) is 12.6. The first-order valence-electron chi connectivity index (χ1n) is 8.50. The Bertz CT molecular complexity index is 1010. The van der Waals surface area contributed by atoms with Gasteiger partial charge in [0, 0.05) is 6.54 Å². The second kappa shape index (κ2) is 8.62. The number of benzene rings is 2. The van der Waals surface area contributed by atoms with E-state index < -0.39 is 38.7 Å². The van der Waals surface area contributed by atoms with Crippen LogP contribution in [0.25, 0.3) is 0 Å². The smallest absolute Gasteiger partial charge is 0.350 e. The highest BCUT2D eigenvalue weighted by Gasteiger charge is 2.36. The molecule has 0 aromatic heterocycles. The molecule has 1 N–H and O–H groups in total. The summed E-state index contributed by atoms with van der Waals surface area (Å²) in [5.41, 5.74) is 0.290. The highest BCUT2D eigenvalue weighted by atomic mass is 35.5. The standard InChI is InChI=1S/C19H20ClF3N2O3S/c1-12-6-4-5-7-14(12)11-24-18(26)13(2)25(29(3,27)28)15-8-9-17(20)16(10-15)19(21,22)23/h4-10,13H,11H2,1-3H3,(H,24,26)/t13-/m0/s1. The maximum absolute atomic E-state index is 13.2. The molecule has 2 aromatic rings. The third kappa shape index (κ3) is 5.63. The molecule has 0 unspecified atom stereocenters. The van der Waals surface area contributed by atoms with Crippen molar-refractivity contribution in [2.24, 2.45) is 0 Å². The number of anilines is 1. The lowest BCUT2D eigenvalue weighted by atomic mass is 10.1. The van der Waals surface area contributed by atoms with Crippen LogP contribution >= 0.6 is 11.6 Å². The highest BCUT2D eigenvalue weighted by Crippen LogP contribution is 2.37. The van der Waals surface area contributed by atoms with Crippen LogP contribution in [0.5, 0.6) is 0 Å². The van der Waals surface area contributed by atoms with Gasteiger partial charge in [-0.25, -0.2) is 8.42 Å². The van der Waals surface area contributed by atoms with Crippen molar-refractivity contribution < 1.29 is 26.4 Å². The molecule has 2 rings (SSSR count). The number of rotatable bonds is 6. The molecule has 10 heteroatoms. The summed E-state index contributed by atoms with van der Waals surface area (Å²) < 4.78 is 64.7. The summed E-state index contributed by atoms with van der Waals surface area (Å²) in [5, 5.41) is 2.06. The molecule has 0 aliphatic rings. The van der Waals surface area contributed by atoms with E-state index in [0.717, 1.165) is 29.5 Å². The van der Waals surface area contributed by atoms with E-state index >= 15 is 0 Å². The number of alkyl halides is 3. The van der Waals surface area contributed by atoms with Gasteiger partial charge in [0.25, 0.3) is 0 Å². The van der Waals surface area contributed by atoms with Crippen molar-refractivity contribution in [3.05, 3.63) is 64.2 Å². The van der Waals surface area contributed by atoms with E-state index in [2.05, 4.69) is 5.32 Å². The zero-order chi connectivity index (χ0) is 22.0. The first-order chi connectivity index (χ1) is 13.3. The SMILES string of the molecule is Cc1ccccc1CNC(=O)[C@H](C)N(c1ccc(Cl)c(C(F)(F)F)c1)S(C)(=O)=O. The number of nitrogens with zero attached hydrogens (tertiary/aromatic N) is 1. The Labute approximate surface area is 172 Å². The molecule has 5 nitrogen and oxygen atoms in total. The molecule has 158 valence electrons. The van der Waals surface area contributed by atoms with E-state index in [4.69, 9.17) is 11.6 Å². The summed E-state index contributed by atoms with van der Waals surface area (Å²) >= 11 is 5.61. The molecule has 1 amide bonds. The van der Waals surface area contributed by atoms with Gasteiger partial charge in [-0.1, -0.05) is 35.9 Å². The second-order valence-corrected chi connectivity index (χ2v) is 8.81. The number of carbonyl (C=O) groups is 1. The van der Waals surface area contributed by atoms with Crippen molar-refractivity contribution in [1.82, 2.24) is 5.32 Å². The molecule has 0 heterocycles. The molecular formula is C19H20ClF3N2O3S. The van der Waals surface area contributed by atoms with Gasteiger partial charge in [0.2, 0.25) is 15.9 Å². The van der Waals surface area contributed by atoms with E-state index in [9.17, 15) is 26.4 Å². The Balaban J connectivity index is 2.33. The number of sulfonamides is 1. The predicted molar refractivity (Wildman–Crippen MR) is 106 cm³/mol. The minimum atomic E-state index is -4.77. The van der Waals surface area contributed by atoms with Gasteiger partial charge in [-0.15, -0.1) is 0 Å². The first kappa shape index (κ1) is 23.0. The van der Waals surface area contributed by atoms with Crippen LogP contribution in [0.15, 0.2) is 42.5 Å². The van der Waals surface area contributed by atoms with Crippen LogP contribution in [0.4, 0.5) is 18.9 Å². The quantitative estimate of drug-likeness (QED) is 0.722.